The second-order valence-corrected chi connectivity index (χ2v) is 4.45. The van der Waals surface area contributed by atoms with Crippen molar-refractivity contribution in [2.75, 3.05) is 13.6 Å². The lowest BCUT2D eigenvalue weighted by Gasteiger charge is -2.40. The Morgan fingerprint density at radius 1 is 1.67 bits per heavy atom. The minimum atomic E-state index is -0.000284. The van der Waals surface area contributed by atoms with Crippen LogP contribution in [0.15, 0.2) is 0 Å². The van der Waals surface area contributed by atoms with Gasteiger partial charge in [-0.25, -0.2) is 0 Å². The fourth-order valence-electron chi connectivity index (χ4n) is 2.18. The summed E-state index contributed by atoms with van der Waals surface area (Å²) in [6, 6.07) is 2.83. The molecule has 15 heavy (non-hydrogen) atoms. The largest absolute Gasteiger partial charge is 0.353 e. The fourth-order valence-corrected chi connectivity index (χ4v) is 2.18. The van der Waals surface area contributed by atoms with E-state index in [9.17, 15) is 4.79 Å². The van der Waals surface area contributed by atoms with Crippen LogP contribution in [0.25, 0.3) is 0 Å². The number of nitrogens with zero attached hydrogens (tertiary/aromatic N) is 2. The van der Waals surface area contributed by atoms with Crippen molar-refractivity contribution in [3.8, 4) is 6.07 Å². The number of nitrogens with one attached hydrogen (secondary N) is 1. The van der Waals surface area contributed by atoms with Crippen molar-refractivity contribution in [2.24, 2.45) is 5.92 Å². The number of piperidine rings is 1. The Hall–Kier alpha value is -1.08. The smallest absolute Gasteiger partial charge is 0.217 e. The van der Waals surface area contributed by atoms with Crippen LogP contribution >= 0.6 is 0 Å². The zero-order chi connectivity index (χ0) is 11.4. The second kappa shape index (κ2) is 5.13. The summed E-state index contributed by atoms with van der Waals surface area (Å²) in [5.41, 5.74) is 0. The maximum atomic E-state index is 11.0. The Morgan fingerprint density at radius 2 is 2.33 bits per heavy atom. The van der Waals surface area contributed by atoms with Crippen molar-refractivity contribution < 1.29 is 4.79 Å². The molecule has 84 valence electrons. The molecule has 1 N–H and O–H groups in total. The monoisotopic (exact) mass is 209 g/mol. The molecule has 0 saturated carbocycles. The van der Waals surface area contributed by atoms with Crippen LogP contribution in [0.1, 0.15) is 26.7 Å². The number of amides is 1. The standard InChI is InChI=1S/C11H19N3O/c1-8-6-11(13-9(2)15)10(4-5-12)7-14(8)3/h8,10-11H,4,6-7H2,1-3H3,(H,13,15). The normalized spacial score (nSPS) is 32.0. The molecule has 0 aliphatic carbocycles. The topological polar surface area (TPSA) is 56.1 Å². The van der Waals surface area contributed by atoms with Gasteiger partial charge in [-0.2, -0.15) is 5.26 Å². The van der Waals surface area contributed by atoms with E-state index in [4.69, 9.17) is 5.26 Å². The van der Waals surface area contributed by atoms with Gasteiger partial charge < -0.3 is 10.2 Å². The Labute approximate surface area is 91.2 Å². The van der Waals surface area contributed by atoms with Crippen molar-refractivity contribution in [2.45, 2.75) is 38.8 Å². The van der Waals surface area contributed by atoms with E-state index in [2.05, 4.69) is 30.3 Å². The predicted octanol–water partition coefficient (Wildman–Crippen LogP) is 0.745. The summed E-state index contributed by atoms with van der Waals surface area (Å²) in [6.07, 6.45) is 1.45. The van der Waals surface area contributed by atoms with Gasteiger partial charge in [0.15, 0.2) is 0 Å². The Kier molecular flexibility index (Phi) is 4.10. The molecule has 1 heterocycles. The van der Waals surface area contributed by atoms with Crippen LogP contribution in [-0.4, -0.2) is 36.5 Å². The highest BCUT2D eigenvalue weighted by atomic mass is 16.1. The molecule has 3 unspecified atom stereocenters. The van der Waals surface area contributed by atoms with Crippen LogP contribution in [0.5, 0.6) is 0 Å². The predicted molar refractivity (Wildman–Crippen MR) is 58.0 cm³/mol. The average molecular weight is 209 g/mol. The number of likely N-dealkylation sites (tertiary alicyclic amines) is 1. The lowest BCUT2D eigenvalue weighted by Crippen LogP contribution is -2.52. The molecular formula is C11H19N3O. The van der Waals surface area contributed by atoms with Crippen molar-refractivity contribution in [1.29, 1.82) is 5.26 Å². The van der Waals surface area contributed by atoms with Crippen LogP contribution in [-0.2, 0) is 4.79 Å². The van der Waals surface area contributed by atoms with Crippen LogP contribution in [0.4, 0.5) is 0 Å². The first-order chi connectivity index (χ1) is 7.04. The van der Waals surface area contributed by atoms with Gasteiger partial charge in [0.2, 0.25) is 5.91 Å². The number of hydrogen-bond donors (Lipinski definition) is 1. The summed E-state index contributed by atoms with van der Waals surface area (Å²) in [5.74, 6) is 0.264. The summed E-state index contributed by atoms with van der Waals surface area (Å²) in [7, 11) is 2.07. The number of rotatable bonds is 2. The van der Waals surface area contributed by atoms with Gasteiger partial charge in [0.25, 0.3) is 0 Å². The molecule has 0 spiro atoms. The third kappa shape index (κ3) is 3.21. The number of hydrogen-bond acceptors (Lipinski definition) is 3. The molecule has 0 aromatic carbocycles. The molecule has 1 saturated heterocycles. The highest BCUT2D eigenvalue weighted by Crippen LogP contribution is 2.23. The molecule has 3 atom stereocenters. The molecule has 0 aromatic heterocycles. The molecule has 0 bridgehead atoms. The van der Waals surface area contributed by atoms with Gasteiger partial charge in [-0.15, -0.1) is 0 Å². The molecule has 1 aliphatic rings. The summed E-state index contributed by atoms with van der Waals surface area (Å²) >= 11 is 0. The third-order valence-electron chi connectivity index (χ3n) is 3.18. The van der Waals surface area contributed by atoms with Crippen LogP contribution in [0.2, 0.25) is 0 Å². The minimum Gasteiger partial charge on any atom is -0.353 e. The second-order valence-electron chi connectivity index (χ2n) is 4.45. The maximum Gasteiger partial charge on any atom is 0.217 e. The highest BCUT2D eigenvalue weighted by molar-refractivity contribution is 5.73. The van der Waals surface area contributed by atoms with Gasteiger partial charge in [-0.05, 0) is 20.4 Å². The Bertz CT molecular complexity index is 271. The summed E-state index contributed by atoms with van der Waals surface area (Å²) < 4.78 is 0. The van der Waals surface area contributed by atoms with E-state index in [1.165, 1.54) is 6.92 Å². The first-order valence-electron chi connectivity index (χ1n) is 5.39. The van der Waals surface area contributed by atoms with Crippen molar-refractivity contribution in [3.63, 3.8) is 0 Å². The molecule has 1 fully saturated rings. The Balaban J connectivity index is 2.63. The van der Waals surface area contributed by atoms with E-state index in [1.54, 1.807) is 0 Å². The van der Waals surface area contributed by atoms with E-state index in [-0.39, 0.29) is 17.9 Å². The van der Waals surface area contributed by atoms with Gasteiger partial charge >= 0.3 is 0 Å². The van der Waals surface area contributed by atoms with Gasteiger partial charge in [0.1, 0.15) is 0 Å². The molecule has 4 heteroatoms. The molecule has 1 rings (SSSR count). The molecule has 0 radical (unpaired) electrons. The lowest BCUT2D eigenvalue weighted by molar-refractivity contribution is -0.120. The first kappa shape index (κ1) is 12.0. The zero-order valence-corrected chi connectivity index (χ0v) is 9.66. The summed E-state index contributed by atoms with van der Waals surface area (Å²) in [4.78, 5) is 13.3. The average Bonchev–Trinajstić information content (AvgIpc) is 2.13. The van der Waals surface area contributed by atoms with Gasteiger partial charge in [0, 0.05) is 37.9 Å². The Morgan fingerprint density at radius 3 is 2.87 bits per heavy atom. The number of carbonyl (C=O) groups is 1. The zero-order valence-electron chi connectivity index (χ0n) is 9.66. The quantitative estimate of drug-likeness (QED) is 0.730. The highest BCUT2D eigenvalue weighted by Gasteiger charge is 2.31. The van der Waals surface area contributed by atoms with Gasteiger partial charge in [-0.1, -0.05) is 0 Å². The van der Waals surface area contributed by atoms with Crippen LogP contribution < -0.4 is 5.32 Å². The molecule has 4 nitrogen and oxygen atoms in total. The molecular weight excluding hydrogens is 190 g/mol. The summed E-state index contributed by atoms with van der Waals surface area (Å²) in [6.45, 7) is 4.57. The van der Waals surface area contributed by atoms with E-state index in [0.717, 1.165) is 13.0 Å². The van der Waals surface area contributed by atoms with Crippen molar-refractivity contribution in [3.05, 3.63) is 0 Å². The molecule has 1 aliphatic heterocycles. The first-order valence-corrected chi connectivity index (χ1v) is 5.39. The van der Waals surface area contributed by atoms with Gasteiger partial charge in [-0.3, -0.25) is 4.79 Å². The van der Waals surface area contributed by atoms with Crippen LogP contribution in [0, 0.1) is 17.2 Å². The molecule has 1 amide bonds. The van der Waals surface area contributed by atoms with E-state index >= 15 is 0 Å². The lowest BCUT2D eigenvalue weighted by atomic mass is 9.86. The maximum absolute atomic E-state index is 11.0. The summed E-state index contributed by atoms with van der Waals surface area (Å²) in [5, 5.41) is 11.7. The molecule has 0 aromatic rings. The fraction of sp³-hybridized carbons (Fsp3) is 0.818. The third-order valence-corrected chi connectivity index (χ3v) is 3.18. The van der Waals surface area contributed by atoms with E-state index in [1.807, 2.05) is 0 Å². The van der Waals surface area contributed by atoms with Crippen molar-refractivity contribution in [1.82, 2.24) is 10.2 Å². The minimum absolute atomic E-state index is 0.000284. The van der Waals surface area contributed by atoms with Gasteiger partial charge in [0.05, 0.1) is 6.07 Å². The number of nitriles is 1. The SMILES string of the molecule is CC(=O)NC1CC(C)N(C)CC1CC#N. The van der Waals surface area contributed by atoms with Crippen LogP contribution in [0.3, 0.4) is 0 Å². The van der Waals surface area contributed by atoms with Crippen molar-refractivity contribution >= 4 is 5.91 Å². The van der Waals surface area contributed by atoms with E-state index in [0.29, 0.717) is 12.5 Å². The number of carbonyl (C=O) groups excluding carboxylic acids is 1. The van der Waals surface area contributed by atoms with E-state index < -0.39 is 0 Å².